The third kappa shape index (κ3) is 7.03. The van der Waals surface area contributed by atoms with Gasteiger partial charge in [0.2, 0.25) is 0 Å². The van der Waals surface area contributed by atoms with Crippen LogP contribution in [0.25, 0.3) is 0 Å². The number of aliphatic hydroxyl groups is 1. The van der Waals surface area contributed by atoms with E-state index in [4.69, 9.17) is 0 Å². The normalized spacial score (nSPS) is 20.1. The lowest BCUT2D eigenvalue weighted by atomic mass is 10.0. The van der Waals surface area contributed by atoms with Crippen LogP contribution in [0, 0.1) is 0 Å². The predicted molar refractivity (Wildman–Crippen MR) is 116 cm³/mol. The molecule has 0 radical (unpaired) electrons. The summed E-state index contributed by atoms with van der Waals surface area (Å²) >= 11 is 1.43. The number of hydrogen-bond acceptors (Lipinski definition) is 6. The second kappa shape index (κ2) is 11.6. The minimum absolute atomic E-state index is 0.481. The van der Waals surface area contributed by atoms with Crippen molar-refractivity contribution in [2.24, 2.45) is 0 Å². The van der Waals surface area contributed by atoms with E-state index in [0.29, 0.717) is 11.6 Å². The number of rotatable bonds is 10. The molecule has 6 nitrogen and oxygen atoms in total. The van der Waals surface area contributed by atoms with Crippen molar-refractivity contribution in [3.63, 3.8) is 0 Å². The van der Waals surface area contributed by atoms with Gasteiger partial charge in [0.15, 0.2) is 0 Å². The highest BCUT2D eigenvalue weighted by Gasteiger charge is 2.29. The maximum atomic E-state index is 11.7. The van der Waals surface area contributed by atoms with Crippen LogP contribution in [0.1, 0.15) is 67.4 Å². The van der Waals surface area contributed by atoms with Crippen LogP contribution < -0.4 is 5.32 Å². The van der Waals surface area contributed by atoms with E-state index in [9.17, 15) is 15.0 Å². The fraction of sp³-hybridized carbons (Fsp3) is 0.636. The molecule has 160 valence electrons. The summed E-state index contributed by atoms with van der Waals surface area (Å²) in [7, 11) is 0. The van der Waals surface area contributed by atoms with Gasteiger partial charge in [-0.05, 0) is 58.2 Å². The van der Waals surface area contributed by atoms with E-state index in [2.05, 4.69) is 33.4 Å². The second-order valence-corrected chi connectivity index (χ2v) is 9.11. The Morgan fingerprint density at radius 3 is 2.76 bits per heavy atom. The zero-order valence-corrected chi connectivity index (χ0v) is 17.9. The predicted octanol–water partition coefficient (Wildman–Crippen LogP) is 3.65. The van der Waals surface area contributed by atoms with Crippen molar-refractivity contribution in [3.05, 3.63) is 39.9 Å². The van der Waals surface area contributed by atoms with E-state index in [1.807, 2.05) is 0 Å². The van der Waals surface area contributed by atoms with Gasteiger partial charge in [0.25, 0.3) is 0 Å². The van der Waals surface area contributed by atoms with Gasteiger partial charge in [0, 0.05) is 17.6 Å². The van der Waals surface area contributed by atoms with Crippen LogP contribution in [0.5, 0.6) is 0 Å². The van der Waals surface area contributed by atoms with Gasteiger partial charge in [-0.15, -0.1) is 11.3 Å². The highest BCUT2D eigenvalue weighted by Crippen LogP contribution is 2.25. The summed E-state index contributed by atoms with van der Waals surface area (Å²) < 4.78 is 0. The molecular weight excluding hydrogens is 386 g/mol. The van der Waals surface area contributed by atoms with E-state index in [-0.39, 0.29) is 0 Å². The molecule has 0 amide bonds. The summed E-state index contributed by atoms with van der Waals surface area (Å²) in [6.45, 7) is 3.59. The monoisotopic (exact) mass is 419 g/mol. The Morgan fingerprint density at radius 2 is 2.07 bits per heavy atom. The number of carboxylic acids is 1. The number of nitrogens with one attached hydrogen (secondary N) is 1. The van der Waals surface area contributed by atoms with E-state index < -0.39 is 18.1 Å². The number of thiazole rings is 1. The molecule has 2 unspecified atom stereocenters. The number of hydrogen-bond donors (Lipinski definition) is 3. The molecule has 29 heavy (non-hydrogen) atoms. The zero-order chi connectivity index (χ0) is 20.5. The first-order valence-electron chi connectivity index (χ1n) is 10.8. The SMILES string of the molecule is O=C(O)C(NCCCC1=CC=CCC1)C(O)c1ncc(CN2CCCCCC2)s1. The average Bonchev–Trinajstić information content (AvgIpc) is 3.03. The quantitative estimate of drug-likeness (QED) is 0.502. The number of aliphatic carboxylic acids is 1. The Balaban J connectivity index is 1.49. The fourth-order valence-corrected chi connectivity index (χ4v) is 4.94. The number of aromatic nitrogens is 1. The minimum Gasteiger partial charge on any atom is -0.480 e. The van der Waals surface area contributed by atoms with Crippen LogP contribution in [-0.4, -0.2) is 51.7 Å². The zero-order valence-electron chi connectivity index (χ0n) is 17.1. The van der Waals surface area contributed by atoms with Crippen LogP contribution in [0.3, 0.4) is 0 Å². The van der Waals surface area contributed by atoms with Crippen LogP contribution >= 0.6 is 11.3 Å². The molecule has 0 aromatic carbocycles. The second-order valence-electron chi connectivity index (χ2n) is 7.97. The number of allylic oxidation sites excluding steroid dienone is 4. The van der Waals surface area contributed by atoms with E-state index in [0.717, 1.165) is 50.2 Å². The standard InChI is InChI=1S/C22H33N3O3S/c26-20(19(22(27)28)23-12-8-11-17-9-4-3-5-10-17)21-24-15-18(29-21)16-25-13-6-1-2-7-14-25/h3-4,9,15,19-20,23,26H,1-2,5-8,10-14,16H2,(H,27,28). The summed E-state index contributed by atoms with van der Waals surface area (Å²) in [4.78, 5) is 19.5. The molecule has 1 aliphatic heterocycles. The van der Waals surface area contributed by atoms with Gasteiger partial charge in [0.1, 0.15) is 17.2 Å². The largest absolute Gasteiger partial charge is 0.480 e. The molecule has 2 heterocycles. The van der Waals surface area contributed by atoms with Crippen molar-refractivity contribution in [1.82, 2.24) is 15.2 Å². The Hall–Kier alpha value is -1.54. The molecule has 1 fully saturated rings. The maximum absolute atomic E-state index is 11.7. The minimum atomic E-state index is -1.13. The Bertz CT molecular complexity index is 708. The van der Waals surface area contributed by atoms with Gasteiger partial charge in [-0.3, -0.25) is 9.69 Å². The third-order valence-electron chi connectivity index (χ3n) is 5.62. The van der Waals surface area contributed by atoms with Crippen molar-refractivity contribution in [1.29, 1.82) is 0 Å². The first-order chi connectivity index (χ1) is 14.1. The average molecular weight is 420 g/mol. The Kier molecular flexibility index (Phi) is 8.86. The van der Waals surface area contributed by atoms with Crippen molar-refractivity contribution >= 4 is 17.3 Å². The first kappa shape index (κ1) is 22.2. The summed E-state index contributed by atoms with van der Waals surface area (Å²) in [6.07, 6.45) is 16.1. The summed E-state index contributed by atoms with van der Waals surface area (Å²) in [6, 6.07) is -1.03. The van der Waals surface area contributed by atoms with Crippen LogP contribution in [0.4, 0.5) is 0 Å². The highest BCUT2D eigenvalue weighted by molar-refractivity contribution is 7.11. The molecule has 2 atom stereocenters. The summed E-state index contributed by atoms with van der Waals surface area (Å²) in [5.41, 5.74) is 1.40. The van der Waals surface area contributed by atoms with E-state index in [1.54, 1.807) is 6.20 Å². The van der Waals surface area contributed by atoms with Crippen LogP contribution in [0.2, 0.25) is 0 Å². The third-order valence-corrected chi connectivity index (χ3v) is 6.68. The molecule has 0 bridgehead atoms. The van der Waals surface area contributed by atoms with Gasteiger partial charge in [-0.2, -0.15) is 0 Å². The molecule has 1 saturated heterocycles. The lowest BCUT2D eigenvalue weighted by Gasteiger charge is -2.19. The molecule has 3 rings (SSSR count). The van der Waals surface area contributed by atoms with Crippen molar-refractivity contribution in [2.45, 2.75) is 70.1 Å². The number of aliphatic hydroxyl groups excluding tert-OH is 1. The smallest absolute Gasteiger partial charge is 0.323 e. The van der Waals surface area contributed by atoms with Gasteiger partial charge in [0.05, 0.1) is 0 Å². The van der Waals surface area contributed by atoms with Crippen LogP contribution in [0.15, 0.2) is 30.0 Å². The number of carboxylic acid groups (broad SMARTS) is 1. The molecule has 1 aliphatic carbocycles. The van der Waals surface area contributed by atoms with Crippen LogP contribution in [-0.2, 0) is 11.3 Å². The Labute approximate surface area is 177 Å². The van der Waals surface area contributed by atoms with Gasteiger partial charge in [-0.1, -0.05) is 36.6 Å². The number of nitrogens with zero attached hydrogens (tertiary/aromatic N) is 2. The summed E-state index contributed by atoms with van der Waals surface area (Å²) in [5.74, 6) is -1.04. The molecular formula is C22H33N3O3S. The molecule has 3 N–H and O–H groups in total. The van der Waals surface area contributed by atoms with Crippen molar-refractivity contribution in [3.8, 4) is 0 Å². The van der Waals surface area contributed by atoms with E-state index in [1.165, 1.54) is 42.6 Å². The van der Waals surface area contributed by atoms with Crippen molar-refractivity contribution in [2.75, 3.05) is 19.6 Å². The maximum Gasteiger partial charge on any atom is 0.323 e. The number of carbonyl (C=O) groups is 1. The van der Waals surface area contributed by atoms with Gasteiger partial charge in [-0.25, -0.2) is 4.98 Å². The fourth-order valence-electron chi connectivity index (χ4n) is 3.96. The highest BCUT2D eigenvalue weighted by atomic mass is 32.1. The first-order valence-corrected chi connectivity index (χ1v) is 11.6. The van der Waals surface area contributed by atoms with Gasteiger partial charge < -0.3 is 15.5 Å². The van der Waals surface area contributed by atoms with Gasteiger partial charge >= 0.3 is 5.97 Å². The summed E-state index contributed by atoms with van der Waals surface area (Å²) in [5, 5.41) is 23.7. The molecule has 1 aromatic rings. The lowest BCUT2D eigenvalue weighted by Crippen LogP contribution is -2.42. The lowest BCUT2D eigenvalue weighted by molar-refractivity contribution is -0.142. The molecule has 7 heteroatoms. The topological polar surface area (TPSA) is 85.7 Å². The molecule has 2 aliphatic rings. The Morgan fingerprint density at radius 1 is 1.28 bits per heavy atom. The van der Waals surface area contributed by atoms with E-state index >= 15 is 0 Å². The molecule has 0 saturated carbocycles. The van der Waals surface area contributed by atoms with Crippen molar-refractivity contribution < 1.29 is 15.0 Å². The molecule has 1 aromatic heterocycles. The number of likely N-dealkylation sites (tertiary alicyclic amines) is 1. The molecule has 0 spiro atoms.